The molecule has 0 bridgehead atoms. The van der Waals surface area contributed by atoms with E-state index in [9.17, 15) is 8.42 Å². The van der Waals surface area contributed by atoms with Crippen molar-refractivity contribution < 1.29 is 12.8 Å². The maximum atomic E-state index is 12.4. The Kier molecular flexibility index (Phi) is 4.25. The minimum atomic E-state index is -3.41. The van der Waals surface area contributed by atoms with E-state index in [2.05, 4.69) is 20.8 Å². The number of sulfone groups is 1. The first-order chi connectivity index (χ1) is 9.72. The maximum Gasteiger partial charge on any atom is 0.185 e. The van der Waals surface area contributed by atoms with E-state index in [4.69, 9.17) is 10.2 Å². The van der Waals surface area contributed by atoms with Gasteiger partial charge in [0.05, 0.1) is 11.4 Å². The van der Waals surface area contributed by atoms with Crippen molar-refractivity contribution >= 4 is 9.84 Å². The summed E-state index contributed by atoms with van der Waals surface area (Å²) in [6, 6.07) is 10.4. The Labute approximate surface area is 125 Å². The lowest BCUT2D eigenvalue weighted by atomic mass is 9.87. The highest BCUT2D eigenvalue weighted by Gasteiger charge is 2.19. The van der Waals surface area contributed by atoms with Crippen LogP contribution in [0.25, 0.3) is 0 Å². The van der Waals surface area contributed by atoms with Crippen LogP contribution < -0.4 is 5.73 Å². The quantitative estimate of drug-likeness (QED) is 0.942. The molecule has 0 amide bonds. The van der Waals surface area contributed by atoms with E-state index in [0.29, 0.717) is 16.4 Å². The summed E-state index contributed by atoms with van der Waals surface area (Å²) in [6.45, 7) is 6.54. The Hall–Kier alpha value is -1.59. The molecule has 2 N–H and O–H groups in total. The summed E-state index contributed by atoms with van der Waals surface area (Å²) in [5.74, 6) is 0.848. The fourth-order valence-electron chi connectivity index (χ4n) is 2.04. The van der Waals surface area contributed by atoms with Gasteiger partial charge in [0.25, 0.3) is 0 Å². The van der Waals surface area contributed by atoms with Gasteiger partial charge in [0.15, 0.2) is 9.84 Å². The van der Waals surface area contributed by atoms with Crippen molar-refractivity contribution in [1.29, 1.82) is 0 Å². The fraction of sp³-hybridized carbons (Fsp3) is 0.375. The molecular weight excluding hydrogens is 286 g/mol. The van der Waals surface area contributed by atoms with Gasteiger partial charge in [0.1, 0.15) is 17.3 Å². The lowest BCUT2D eigenvalue weighted by molar-refractivity contribution is 0.477. The first-order valence-corrected chi connectivity index (χ1v) is 8.48. The first-order valence-electron chi connectivity index (χ1n) is 6.83. The van der Waals surface area contributed by atoms with Crippen LogP contribution in [0.15, 0.2) is 45.7 Å². The Balaban J connectivity index is 2.23. The smallest absolute Gasteiger partial charge is 0.185 e. The van der Waals surface area contributed by atoms with Crippen molar-refractivity contribution in [2.75, 3.05) is 0 Å². The summed E-state index contributed by atoms with van der Waals surface area (Å²) in [4.78, 5) is 0.307. The van der Waals surface area contributed by atoms with Crippen LogP contribution in [0.3, 0.4) is 0 Å². The summed E-state index contributed by atoms with van der Waals surface area (Å²) in [7, 11) is -3.41. The van der Waals surface area contributed by atoms with Crippen LogP contribution in [0.2, 0.25) is 0 Å². The molecule has 0 aliphatic rings. The molecule has 1 aromatic carbocycles. The van der Waals surface area contributed by atoms with Crippen molar-refractivity contribution in [3.05, 3.63) is 53.5 Å². The van der Waals surface area contributed by atoms with Gasteiger partial charge in [-0.2, -0.15) is 0 Å². The topological polar surface area (TPSA) is 73.3 Å². The molecule has 0 aliphatic heterocycles. The number of hydrogen-bond donors (Lipinski definition) is 1. The lowest BCUT2D eigenvalue weighted by Gasteiger charge is -2.19. The highest BCUT2D eigenvalue weighted by molar-refractivity contribution is 7.90. The molecule has 0 spiro atoms. The Bertz CT molecular complexity index is 707. The molecule has 1 aromatic heterocycles. The summed E-state index contributed by atoms with van der Waals surface area (Å²) < 4.78 is 30.1. The average Bonchev–Trinajstić information content (AvgIpc) is 2.85. The van der Waals surface area contributed by atoms with Crippen LogP contribution >= 0.6 is 0 Å². The fourth-order valence-corrected chi connectivity index (χ4v) is 3.29. The molecule has 0 saturated carbocycles. The highest BCUT2D eigenvalue weighted by atomic mass is 32.2. The normalized spacial score (nSPS) is 12.6. The molecule has 0 saturated heterocycles. The monoisotopic (exact) mass is 307 g/mol. The molecule has 0 radical (unpaired) electrons. The van der Waals surface area contributed by atoms with Crippen molar-refractivity contribution in [3.63, 3.8) is 0 Å². The predicted octanol–water partition coefficient (Wildman–Crippen LogP) is 3.01. The Morgan fingerprint density at radius 2 is 1.57 bits per heavy atom. The Morgan fingerprint density at radius 1 is 1.00 bits per heavy atom. The molecule has 114 valence electrons. The van der Waals surface area contributed by atoms with Crippen LogP contribution in [0.1, 0.15) is 37.9 Å². The summed E-state index contributed by atoms with van der Waals surface area (Å²) in [6.07, 6.45) is 0. The van der Waals surface area contributed by atoms with E-state index in [1.807, 2.05) is 12.1 Å². The summed E-state index contributed by atoms with van der Waals surface area (Å²) in [5.41, 5.74) is 6.55. The van der Waals surface area contributed by atoms with Gasteiger partial charge in [-0.05, 0) is 35.2 Å². The van der Waals surface area contributed by atoms with Crippen molar-refractivity contribution in [1.82, 2.24) is 0 Å². The second-order valence-electron chi connectivity index (χ2n) is 6.11. The Morgan fingerprint density at radius 3 is 2.05 bits per heavy atom. The van der Waals surface area contributed by atoms with Crippen LogP contribution in [0.4, 0.5) is 0 Å². The van der Waals surface area contributed by atoms with Gasteiger partial charge in [-0.15, -0.1) is 0 Å². The van der Waals surface area contributed by atoms with Crippen LogP contribution in [-0.4, -0.2) is 8.42 Å². The van der Waals surface area contributed by atoms with E-state index < -0.39 is 9.84 Å². The first kappa shape index (κ1) is 15.8. The third-order valence-electron chi connectivity index (χ3n) is 3.33. The summed E-state index contributed by atoms with van der Waals surface area (Å²) in [5, 5.41) is 0. The molecule has 0 fully saturated rings. The molecule has 0 atom stereocenters. The van der Waals surface area contributed by atoms with Gasteiger partial charge in [-0.3, -0.25) is 0 Å². The molecule has 0 aliphatic carbocycles. The zero-order valence-corrected chi connectivity index (χ0v) is 13.4. The number of rotatable bonds is 4. The van der Waals surface area contributed by atoms with Gasteiger partial charge in [0.2, 0.25) is 0 Å². The van der Waals surface area contributed by atoms with Gasteiger partial charge in [-0.1, -0.05) is 32.9 Å². The van der Waals surface area contributed by atoms with Gasteiger partial charge >= 0.3 is 0 Å². The number of furan rings is 1. The van der Waals surface area contributed by atoms with Crippen LogP contribution in [0, 0.1) is 0 Å². The minimum Gasteiger partial charge on any atom is -0.464 e. The molecule has 0 unspecified atom stereocenters. The maximum absolute atomic E-state index is 12.4. The molecule has 4 nitrogen and oxygen atoms in total. The van der Waals surface area contributed by atoms with Crippen molar-refractivity contribution in [2.24, 2.45) is 5.73 Å². The third kappa shape index (κ3) is 3.74. The molecule has 5 heteroatoms. The number of benzene rings is 1. The highest BCUT2D eigenvalue weighted by Crippen LogP contribution is 2.25. The van der Waals surface area contributed by atoms with Crippen molar-refractivity contribution in [3.8, 4) is 0 Å². The summed E-state index contributed by atoms with van der Waals surface area (Å²) >= 11 is 0. The van der Waals surface area contributed by atoms with E-state index in [1.54, 1.807) is 24.3 Å². The molecule has 1 heterocycles. The SMILES string of the molecule is CC(C)(C)c1ccc(S(=O)(=O)Cc2ccc(CN)o2)cc1. The number of nitrogens with two attached hydrogens (primary N) is 1. The van der Waals surface area contributed by atoms with E-state index >= 15 is 0 Å². The van der Waals surface area contributed by atoms with Crippen LogP contribution in [0.5, 0.6) is 0 Å². The van der Waals surface area contributed by atoms with Gasteiger partial charge in [-0.25, -0.2) is 8.42 Å². The van der Waals surface area contributed by atoms with E-state index in [0.717, 1.165) is 5.56 Å². The largest absolute Gasteiger partial charge is 0.464 e. The average molecular weight is 307 g/mol. The van der Waals surface area contributed by atoms with Gasteiger partial charge < -0.3 is 10.2 Å². The second kappa shape index (κ2) is 5.66. The zero-order valence-electron chi connectivity index (χ0n) is 12.6. The molecular formula is C16H21NO3S. The molecule has 2 aromatic rings. The molecule has 2 rings (SSSR count). The minimum absolute atomic E-state index is 0.000664. The van der Waals surface area contributed by atoms with Crippen molar-refractivity contribution in [2.45, 2.75) is 43.4 Å². The lowest BCUT2D eigenvalue weighted by Crippen LogP contribution is -2.11. The standard InChI is InChI=1S/C16H21NO3S/c1-16(2,3)12-4-8-15(9-5-12)21(18,19)11-14-7-6-13(10-17)20-14/h4-9H,10-11,17H2,1-3H3. The zero-order chi connectivity index (χ0) is 15.7. The van der Waals surface area contributed by atoms with E-state index in [-0.39, 0.29) is 17.7 Å². The van der Waals surface area contributed by atoms with Crippen LogP contribution in [-0.2, 0) is 27.5 Å². The predicted molar refractivity (Wildman–Crippen MR) is 82.6 cm³/mol. The van der Waals surface area contributed by atoms with Gasteiger partial charge in [0, 0.05) is 0 Å². The van der Waals surface area contributed by atoms with E-state index in [1.165, 1.54) is 0 Å². The molecule has 21 heavy (non-hydrogen) atoms. The number of hydrogen-bond acceptors (Lipinski definition) is 4. The second-order valence-corrected chi connectivity index (χ2v) is 8.10. The third-order valence-corrected chi connectivity index (χ3v) is 4.99.